The molecule has 130 valence electrons. The summed E-state index contributed by atoms with van der Waals surface area (Å²) in [6.45, 7) is 0. The largest absolute Gasteiger partial charge is 0.426 e. The van der Waals surface area contributed by atoms with Crippen LogP contribution in [0.3, 0.4) is 0 Å². The Morgan fingerprint density at radius 3 is 2.52 bits per heavy atom. The van der Waals surface area contributed by atoms with Gasteiger partial charge in [-0.25, -0.2) is 4.39 Å². The van der Waals surface area contributed by atoms with E-state index in [1.54, 1.807) is 12.1 Å². The molecule has 0 aliphatic carbocycles. The summed E-state index contributed by atoms with van der Waals surface area (Å²) >= 11 is 0. The Bertz CT molecular complexity index is 746. The van der Waals surface area contributed by atoms with Crippen molar-refractivity contribution in [1.29, 1.82) is 0 Å². The lowest BCUT2D eigenvalue weighted by atomic mass is 9.76. The quantitative estimate of drug-likeness (QED) is 0.625. The second-order valence-electron chi connectivity index (χ2n) is 7.12. The van der Waals surface area contributed by atoms with E-state index in [-0.39, 0.29) is 29.7 Å². The van der Waals surface area contributed by atoms with E-state index in [4.69, 9.17) is 4.74 Å². The van der Waals surface area contributed by atoms with E-state index in [1.807, 2.05) is 30.3 Å². The predicted molar refractivity (Wildman–Crippen MR) is 93.9 cm³/mol. The zero-order valence-corrected chi connectivity index (χ0v) is 14.3. The molecule has 2 heterocycles. The maximum absolute atomic E-state index is 13.3. The van der Waals surface area contributed by atoms with E-state index < -0.39 is 0 Å². The zero-order valence-electron chi connectivity index (χ0n) is 14.3. The highest BCUT2D eigenvalue weighted by atomic mass is 19.1. The topological polar surface area (TPSA) is 29.5 Å². The fourth-order valence-electron chi connectivity index (χ4n) is 4.51. The molecule has 0 saturated carbocycles. The molecule has 0 N–H and O–H groups in total. The monoisotopic (exact) mass is 339 g/mol. The molecule has 4 rings (SSSR count). The van der Waals surface area contributed by atoms with Gasteiger partial charge >= 0.3 is 5.97 Å². The summed E-state index contributed by atoms with van der Waals surface area (Å²) < 4.78 is 19.0. The van der Waals surface area contributed by atoms with Gasteiger partial charge in [0.15, 0.2) is 0 Å². The van der Waals surface area contributed by atoms with Crippen LogP contribution >= 0.6 is 0 Å². The van der Waals surface area contributed by atoms with Crippen LogP contribution in [0.5, 0.6) is 5.75 Å². The molecular formula is C21H22FNO2. The van der Waals surface area contributed by atoms with E-state index in [2.05, 4.69) is 11.9 Å². The van der Waals surface area contributed by atoms with Gasteiger partial charge in [-0.15, -0.1) is 0 Å². The van der Waals surface area contributed by atoms with Crippen LogP contribution in [-0.2, 0) is 4.79 Å². The lowest BCUT2D eigenvalue weighted by molar-refractivity contribution is -0.143. The molecule has 2 fully saturated rings. The minimum atomic E-state index is -0.247. The molecular weight excluding hydrogens is 317 g/mol. The number of ether oxygens (including phenoxy) is 1. The molecule has 2 bridgehead atoms. The summed E-state index contributed by atoms with van der Waals surface area (Å²) in [5, 5.41) is 0. The summed E-state index contributed by atoms with van der Waals surface area (Å²) in [4.78, 5) is 15.4. The first-order valence-corrected chi connectivity index (χ1v) is 8.87. The number of carbonyl (C=O) groups excluding carboxylic acids is 1. The normalized spacial score (nSPS) is 28.7. The highest BCUT2D eigenvalue weighted by molar-refractivity contribution is 5.77. The van der Waals surface area contributed by atoms with Gasteiger partial charge in [0.25, 0.3) is 0 Å². The van der Waals surface area contributed by atoms with Crippen molar-refractivity contribution in [3.63, 3.8) is 0 Å². The van der Waals surface area contributed by atoms with Gasteiger partial charge in [-0.2, -0.15) is 0 Å². The number of para-hydroxylation sites is 1. The molecule has 2 aliphatic rings. The summed E-state index contributed by atoms with van der Waals surface area (Å²) in [5.74, 6) is -0.00570. The third kappa shape index (κ3) is 3.07. The number of nitrogens with zero attached hydrogens (tertiary/aromatic N) is 1. The van der Waals surface area contributed by atoms with Crippen LogP contribution in [-0.4, -0.2) is 30.0 Å². The minimum absolute atomic E-state index is 0.0745. The van der Waals surface area contributed by atoms with E-state index in [1.165, 1.54) is 12.1 Å². The lowest BCUT2D eigenvalue weighted by Crippen LogP contribution is -2.49. The highest BCUT2D eigenvalue weighted by Gasteiger charge is 2.49. The van der Waals surface area contributed by atoms with Gasteiger partial charge < -0.3 is 4.74 Å². The zero-order chi connectivity index (χ0) is 17.4. The molecule has 2 aromatic rings. The maximum Gasteiger partial charge on any atom is 0.316 e. The Balaban J connectivity index is 1.64. The summed E-state index contributed by atoms with van der Waals surface area (Å²) in [6, 6.07) is 16.5. The average Bonchev–Trinajstić information content (AvgIpc) is 2.86. The first-order chi connectivity index (χ1) is 12.1. The second kappa shape index (κ2) is 6.60. The summed E-state index contributed by atoms with van der Waals surface area (Å²) in [7, 11) is 2.10. The van der Waals surface area contributed by atoms with Gasteiger partial charge in [-0.1, -0.05) is 30.3 Å². The van der Waals surface area contributed by atoms with Crippen LogP contribution < -0.4 is 4.74 Å². The SMILES string of the molecule is CN1[C@@H]2CC[C@H]1[C@@H](C(=O)Oc1ccccc1)[C@@H](c1ccc(F)cc1)C2. The fourth-order valence-corrected chi connectivity index (χ4v) is 4.51. The first-order valence-electron chi connectivity index (χ1n) is 8.87. The smallest absolute Gasteiger partial charge is 0.316 e. The van der Waals surface area contributed by atoms with Crippen molar-refractivity contribution < 1.29 is 13.9 Å². The second-order valence-corrected chi connectivity index (χ2v) is 7.12. The van der Waals surface area contributed by atoms with Crippen LogP contribution in [0.1, 0.15) is 30.7 Å². The van der Waals surface area contributed by atoms with Crippen molar-refractivity contribution in [3.05, 3.63) is 66.0 Å². The number of esters is 1. The number of piperidine rings is 1. The van der Waals surface area contributed by atoms with Crippen molar-refractivity contribution >= 4 is 5.97 Å². The summed E-state index contributed by atoms with van der Waals surface area (Å²) in [5.41, 5.74) is 1.03. The van der Waals surface area contributed by atoms with E-state index in [0.29, 0.717) is 11.8 Å². The number of halogens is 1. The Morgan fingerprint density at radius 2 is 1.80 bits per heavy atom. The molecule has 0 unspecified atom stereocenters. The molecule has 0 aromatic heterocycles. The molecule has 0 amide bonds. The van der Waals surface area contributed by atoms with E-state index in [9.17, 15) is 9.18 Å². The molecule has 4 heteroatoms. The van der Waals surface area contributed by atoms with Crippen LogP contribution in [0.15, 0.2) is 54.6 Å². The van der Waals surface area contributed by atoms with E-state index in [0.717, 1.165) is 24.8 Å². The van der Waals surface area contributed by atoms with Crippen LogP contribution in [0, 0.1) is 11.7 Å². The molecule has 25 heavy (non-hydrogen) atoms. The molecule has 0 spiro atoms. The number of fused-ring (bicyclic) bond motifs is 2. The number of hydrogen-bond donors (Lipinski definition) is 0. The number of benzene rings is 2. The van der Waals surface area contributed by atoms with E-state index >= 15 is 0 Å². The van der Waals surface area contributed by atoms with Crippen LogP contribution in [0.2, 0.25) is 0 Å². The molecule has 2 aromatic carbocycles. The molecule has 0 radical (unpaired) electrons. The van der Waals surface area contributed by atoms with Crippen molar-refractivity contribution in [1.82, 2.24) is 4.90 Å². The average molecular weight is 339 g/mol. The molecule has 2 aliphatic heterocycles. The van der Waals surface area contributed by atoms with Crippen LogP contribution in [0.4, 0.5) is 4.39 Å². The van der Waals surface area contributed by atoms with Gasteiger partial charge in [0.1, 0.15) is 11.6 Å². The molecule has 2 saturated heterocycles. The Hall–Kier alpha value is -2.20. The van der Waals surface area contributed by atoms with Gasteiger partial charge in [-0.3, -0.25) is 9.69 Å². The van der Waals surface area contributed by atoms with Crippen molar-refractivity contribution in [3.8, 4) is 5.75 Å². The number of carbonyl (C=O) groups is 1. The standard InChI is InChI=1S/C21H22FNO2/c1-23-16-11-12-19(23)20(21(24)25-17-5-3-2-4-6-17)18(13-16)14-7-9-15(22)10-8-14/h2-10,16,18-20H,11-13H2,1H3/t16-,18-,19+,20+/m1/s1. The van der Waals surface area contributed by atoms with Crippen LogP contribution in [0.25, 0.3) is 0 Å². The Kier molecular flexibility index (Phi) is 4.30. The molecule has 4 atom stereocenters. The van der Waals surface area contributed by atoms with Gasteiger partial charge in [-0.05, 0) is 56.1 Å². The Morgan fingerprint density at radius 1 is 1.08 bits per heavy atom. The molecule has 3 nitrogen and oxygen atoms in total. The summed E-state index contributed by atoms with van der Waals surface area (Å²) in [6.07, 6.45) is 3.02. The maximum atomic E-state index is 13.3. The first kappa shape index (κ1) is 16.3. The van der Waals surface area contributed by atoms with Gasteiger partial charge in [0, 0.05) is 18.0 Å². The number of rotatable bonds is 3. The third-order valence-electron chi connectivity index (χ3n) is 5.80. The Labute approximate surface area is 147 Å². The van der Waals surface area contributed by atoms with Crippen molar-refractivity contribution in [2.24, 2.45) is 5.92 Å². The predicted octanol–water partition coefficient (Wildman–Crippen LogP) is 4.00. The van der Waals surface area contributed by atoms with Gasteiger partial charge in [0.05, 0.1) is 5.92 Å². The lowest BCUT2D eigenvalue weighted by Gasteiger charge is -2.41. The van der Waals surface area contributed by atoms with Crippen molar-refractivity contribution in [2.45, 2.75) is 37.3 Å². The van der Waals surface area contributed by atoms with Crippen molar-refractivity contribution in [2.75, 3.05) is 7.05 Å². The third-order valence-corrected chi connectivity index (χ3v) is 5.80. The minimum Gasteiger partial charge on any atom is -0.426 e. The van der Waals surface area contributed by atoms with Gasteiger partial charge in [0.2, 0.25) is 0 Å². The number of hydrogen-bond acceptors (Lipinski definition) is 3. The fraction of sp³-hybridized carbons (Fsp3) is 0.381. The highest BCUT2D eigenvalue weighted by Crippen LogP contribution is 2.46.